The third-order valence-corrected chi connectivity index (χ3v) is 2.85. The first-order valence-electron chi connectivity index (χ1n) is 4.07. The maximum absolute atomic E-state index is 11.3. The summed E-state index contributed by atoms with van der Waals surface area (Å²) in [5.74, 6) is -1.62. The van der Waals surface area contributed by atoms with Crippen LogP contribution in [0.2, 0.25) is 0 Å². The van der Waals surface area contributed by atoms with Crippen LogP contribution in [0, 0.1) is 0 Å². The van der Waals surface area contributed by atoms with Crippen LogP contribution in [0.1, 0.15) is 6.92 Å². The fraction of sp³-hybridized carbons (Fsp3) is 0.500. The van der Waals surface area contributed by atoms with Gasteiger partial charge in [0.2, 0.25) is 5.91 Å². The summed E-state index contributed by atoms with van der Waals surface area (Å²) in [6.45, 7) is 1.21. The zero-order valence-electron chi connectivity index (χ0n) is 8.10. The van der Waals surface area contributed by atoms with Gasteiger partial charge in [-0.2, -0.15) is 0 Å². The Labute approximate surface area is 94.9 Å². The van der Waals surface area contributed by atoms with Crippen molar-refractivity contribution in [2.24, 2.45) is 0 Å². The van der Waals surface area contributed by atoms with E-state index in [1.54, 1.807) is 0 Å². The third-order valence-electron chi connectivity index (χ3n) is 1.40. The first kappa shape index (κ1) is 14.1. The zero-order valence-corrected chi connectivity index (χ0v) is 9.68. The molecule has 86 valence electrons. The number of carbonyl (C=O) groups is 2. The van der Waals surface area contributed by atoms with Gasteiger partial charge in [0.05, 0.1) is 5.75 Å². The molecule has 0 radical (unpaired) electrons. The van der Waals surface area contributed by atoms with Crippen molar-refractivity contribution in [2.45, 2.75) is 13.0 Å². The van der Waals surface area contributed by atoms with Crippen LogP contribution in [-0.4, -0.2) is 38.7 Å². The molecule has 0 rings (SSSR count). The maximum Gasteiger partial charge on any atom is 0.327 e. The van der Waals surface area contributed by atoms with E-state index < -0.39 is 28.7 Å². The summed E-state index contributed by atoms with van der Waals surface area (Å²) in [5.41, 5.74) is 1.21. The van der Waals surface area contributed by atoms with Gasteiger partial charge in [0, 0.05) is 29.0 Å². The Hall–Kier alpha value is -0.880. The summed E-state index contributed by atoms with van der Waals surface area (Å²) in [6.07, 6.45) is 1.46. The van der Waals surface area contributed by atoms with Crippen molar-refractivity contribution in [2.75, 3.05) is 11.5 Å². The summed E-state index contributed by atoms with van der Waals surface area (Å²) in [7, 11) is -1.35. The normalized spacial score (nSPS) is 14.8. The molecule has 5 nitrogen and oxygen atoms in total. The highest BCUT2D eigenvalue weighted by molar-refractivity contribution is 7.85. The van der Waals surface area contributed by atoms with Gasteiger partial charge in [-0.05, 0) is 0 Å². The van der Waals surface area contributed by atoms with Gasteiger partial charge in [-0.15, -0.1) is 0 Å². The Kier molecular flexibility index (Phi) is 6.98. The fourth-order valence-corrected chi connectivity index (χ4v) is 2.06. The van der Waals surface area contributed by atoms with Gasteiger partial charge >= 0.3 is 5.97 Å². The standard InChI is InChI=1S/C8H12ClNO4S/c1-6(11)10-7(8(12)13)5-15(14)4-2-3-9/h2-3,7H,4-5H2,1H3,(H,10,11)(H,12,13)/b3-2+/t7-,15?/m1/s1. The second-order valence-corrected chi connectivity index (χ2v) is 4.52. The fourth-order valence-electron chi connectivity index (χ4n) is 0.818. The molecule has 0 aliphatic rings. The third kappa shape index (κ3) is 7.10. The van der Waals surface area contributed by atoms with Crippen LogP contribution < -0.4 is 5.32 Å². The Bertz CT molecular complexity index is 292. The minimum absolute atomic E-state index is 0.129. The molecule has 0 fully saturated rings. The van der Waals surface area contributed by atoms with E-state index in [0.29, 0.717) is 0 Å². The molecule has 0 spiro atoms. The van der Waals surface area contributed by atoms with Crippen molar-refractivity contribution in [3.63, 3.8) is 0 Å². The Morgan fingerprint density at radius 2 is 2.20 bits per heavy atom. The quantitative estimate of drug-likeness (QED) is 0.702. The molecular weight excluding hydrogens is 242 g/mol. The van der Waals surface area contributed by atoms with Crippen LogP contribution in [0.15, 0.2) is 11.6 Å². The lowest BCUT2D eigenvalue weighted by Crippen LogP contribution is -2.43. The number of amides is 1. The highest BCUT2D eigenvalue weighted by atomic mass is 35.5. The molecule has 0 saturated heterocycles. The summed E-state index contributed by atoms with van der Waals surface area (Å²) in [5, 5.41) is 10.9. The lowest BCUT2D eigenvalue weighted by atomic mass is 10.3. The van der Waals surface area contributed by atoms with Crippen molar-refractivity contribution in [1.29, 1.82) is 0 Å². The van der Waals surface area contributed by atoms with Crippen LogP contribution in [0.5, 0.6) is 0 Å². The molecule has 1 unspecified atom stereocenters. The summed E-state index contributed by atoms with van der Waals surface area (Å²) < 4.78 is 11.3. The van der Waals surface area contributed by atoms with Gasteiger partial charge in [-0.3, -0.25) is 9.00 Å². The van der Waals surface area contributed by atoms with E-state index in [-0.39, 0.29) is 11.5 Å². The summed E-state index contributed by atoms with van der Waals surface area (Å²) >= 11 is 5.23. The van der Waals surface area contributed by atoms with Crippen LogP contribution in [-0.2, 0) is 20.4 Å². The smallest absolute Gasteiger partial charge is 0.327 e. The lowest BCUT2D eigenvalue weighted by Gasteiger charge is -2.11. The molecule has 0 aromatic carbocycles. The maximum atomic E-state index is 11.3. The van der Waals surface area contributed by atoms with Crippen molar-refractivity contribution in [1.82, 2.24) is 5.32 Å². The second kappa shape index (κ2) is 7.42. The van der Waals surface area contributed by atoms with E-state index in [1.165, 1.54) is 18.5 Å². The Morgan fingerprint density at radius 3 is 2.60 bits per heavy atom. The number of carboxylic acid groups (broad SMARTS) is 1. The first-order chi connectivity index (χ1) is 6.97. The lowest BCUT2D eigenvalue weighted by molar-refractivity contribution is -0.140. The number of nitrogens with one attached hydrogen (secondary N) is 1. The van der Waals surface area contributed by atoms with Gasteiger partial charge < -0.3 is 10.4 Å². The van der Waals surface area contributed by atoms with Crippen molar-refractivity contribution in [3.05, 3.63) is 11.6 Å². The number of carboxylic acids is 1. The van der Waals surface area contributed by atoms with Crippen molar-refractivity contribution >= 4 is 34.3 Å². The van der Waals surface area contributed by atoms with E-state index in [4.69, 9.17) is 16.7 Å². The molecule has 7 heteroatoms. The summed E-state index contributed by atoms with van der Waals surface area (Å²) in [4.78, 5) is 21.3. The van der Waals surface area contributed by atoms with Crippen LogP contribution in [0.4, 0.5) is 0 Å². The molecule has 0 saturated carbocycles. The number of aliphatic carboxylic acids is 1. The van der Waals surface area contributed by atoms with E-state index in [2.05, 4.69) is 5.32 Å². The van der Waals surface area contributed by atoms with Gasteiger partial charge in [-0.25, -0.2) is 4.79 Å². The molecule has 0 heterocycles. The minimum Gasteiger partial charge on any atom is -0.480 e. The van der Waals surface area contributed by atoms with Gasteiger partial charge in [-0.1, -0.05) is 17.7 Å². The molecular formula is C8H12ClNO4S. The van der Waals surface area contributed by atoms with Crippen molar-refractivity contribution in [3.8, 4) is 0 Å². The van der Waals surface area contributed by atoms with E-state index in [1.807, 2.05) is 0 Å². The average Bonchev–Trinajstić information content (AvgIpc) is 2.12. The molecule has 2 N–H and O–H groups in total. The number of rotatable bonds is 6. The second-order valence-electron chi connectivity index (χ2n) is 2.73. The SMILES string of the molecule is CC(=O)N[C@H](CS(=O)C/C=C/Cl)C(=O)O. The predicted molar refractivity (Wildman–Crippen MR) is 58.1 cm³/mol. The van der Waals surface area contributed by atoms with Crippen LogP contribution in [0.3, 0.4) is 0 Å². The number of halogens is 1. The van der Waals surface area contributed by atoms with Crippen molar-refractivity contribution < 1.29 is 18.9 Å². The van der Waals surface area contributed by atoms with Gasteiger partial charge in [0.1, 0.15) is 6.04 Å². The van der Waals surface area contributed by atoms with Crippen LogP contribution >= 0.6 is 11.6 Å². The predicted octanol–water partition coefficient (Wildman–Crippen LogP) is 0.0769. The molecule has 2 atom stereocenters. The minimum atomic E-state index is -1.35. The Balaban J connectivity index is 4.22. The largest absolute Gasteiger partial charge is 0.480 e. The number of hydrogen-bond acceptors (Lipinski definition) is 3. The first-order valence-corrected chi connectivity index (χ1v) is 6.00. The molecule has 15 heavy (non-hydrogen) atoms. The molecule has 0 aliphatic carbocycles. The monoisotopic (exact) mass is 253 g/mol. The molecule has 0 aromatic rings. The van der Waals surface area contributed by atoms with Gasteiger partial charge in [0.25, 0.3) is 0 Å². The number of carbonyl (C=O) groups excluding carboxylic acids is 1. The molecule has 0 aliphatic heterocycles. The topological polar surface area (TPSA) is 83.5 Å². The number of hydrogen-bond donors (Lipinski definition) is 2. The van der Waals surface area contributed by atoms with Crippen LogP contribution in [0.25, 0.3) is 0 Å². The summed E-state index contributed by atoms with van der Waals surface area (Å²) in [6, 6.07) is -1.12. The highest BCUT2D eigenvalue weighted by Crippen LogP contribution is 1.93. The molecule has 0 aromatic heterocycles. The molecule has 1 amide bonds. The van der Waals surface area contributed by atoms with E-state index in [0.717, 1.165) is 0 Å². The average molecular weight is 254 g/mol. The Morgan fingerprint density at radius 1 is 1.60 bits per heavy atom. The zero-order chi connectivity index (χ0) is 11.8. The highest BCUT2D eigenvalue weighted by Gasteiger charge is 2.20. The molecule has 0 bridgehead atoms. The van der Waals surface area contributed by atoms with E-state index in [9.17, 15) is 13.8 Å². The van der Waals surface area contributed by atoms with Gasteiger partial charge in [0.15, 0.2) is 0 Å². The van der Waals surface area contributed by atoms with E-state index >= 15 is 0 Å².